The van der Waals surface area contributed by atoms with Crippen molar-refractivity contribution in [1.29, 1.82) is 0 Å². The summed E-state index contributed by atoms with van der Waals surface area (Å²) in [5.41, 5.74) is 0.583. The molecule has 0 aliphatic carbocycles. The quantitative estimate of drug-likeness (QED) is 0.868. The summed E-state index contributed by atoms with van der Waals surface area (Å²) < 4.78 is 0. The molecule has 1 amide bonds. The van der Waals surface area contributed by atoms with Crippen molar-refractivity contribution in [3.63, 3.8) is 0 Å². The SMILES string of the molecule is CCC(C)(C)CNc1ccc(C(=O)N(C)C)nn1. The van der Waals surface area contributed by atoms with Gasteiger partial charge < -0.3 is 10.2 Å². The maximum absolute atomic E-state index is 11.6. The van der Waals surface area contributed by atoms with Gasteiger partial charge in [0.05, 0.1) is 0 Å². The summed E-state index contributed by atoms with van der Waals surface area (Å²) in [6.45, 7) is 7.38. The molecule has 0 saturated heterocycles. The Labute approximate surface area is 109 Å². The van der Waals surface area contributed by atoms with E-state index < -0.39 is 0 Å². The van der Waals surface area contributed by atoms with E-state index in [1.165, 1.54) is 4.90 Å². The standard InChI is InChI=1S/C13H22N4O/c1-6-13(2,3)9-14-11-8-7-10(15-16-11)12(18)17(4)5/h7-8H,6,9H2,1-5H3,(H,14,16). The van der Waals surface area contributed by atoms with Crippen molar-refractivity contribution in [2.24, 2.45) is 5.41 Å². The predicted molar refractivity (Wildman–Crippen MR) is 72.6 cm³/mol. The fourth-order valence-corrected chi connectivity index (χ4v) is 1.22. The van der Waals surface area contributed by atoms with Gasteiger partial charge >= 0.3 is 0 Å². The normalized spacial score (nSPS) is 11.2. The second-order valence-corrected chi connectivity index (χ2v) is 5.37. The molecule has 0 atom stereocenters. The zero-order valence-electron chi connectivity index (χ0n) is 11.8. The van der Waals surface area contributed by atoms with Crippen LogP contribution in [-0.2, 0) is 0 Å². The Kier molecular flexibility index (Phi) is 4.64. The van der Waals surface area contributed by atoms with Crippen LogP contribution in [0.5, 0.6) is 0 Å². The Hall–Kier alpha value is -1.65. The Balaban J connectivity index is 2.64. The first-order chi connectivity index (χ1) is 8.35. The number of amides is 1. The Morgan fingerprint density at radius 3 is 2.44 bits per heavy atom. The Bertz CT molecular complexity index is 398. The van der Waals surface area contributed by atoms with Crippen LogP contribution in [0.4, 0.5) is 5.82 Å². The van der Waals surface area contributed by atoms with Gasteiger partial charge in [0.1, 0.15) is 5.82 Å². The summed E-state index contributed by atoms with van der Waals surface area (Å²) >= 11 is 0. The number of nitrogens with one attached hydrogen (secondary N) is 1. The average Bonchev–Trinajstić information content (AvgIpc) is 2.36. The van der Waals surface area contributed by atoms with Crippen LogP contribution in [0.3, 0.4) is 0 Å². The molecule has 0 aliphatic heterocycles. The van der Waals surface area contributed by atoms with Gasteiger partial charge in [-0.2, -0.15) is 0 Å². The lowest BCUT2D eigenvalue weighted by molar-refractivity contribution is 0.0821. The molecule has 0 aromatic carbocycles. The molecule has 0 fully saturated rings. The molecule has 0 radical (unpaired) electrons. The monoisotopic (exact) mass is 250 g/mol. The van der Waals surface area contributed by atoms with E-state index in [0.717, 1.165) is 13.0 Å². The van der Waals surface area contributed by atoms with Gasteiger partial charge in [-0.3, -0.25) is 4.79 Å². The molecule has 0 bridgehead atoms. The number of hydrogen-bond acceptors (Lipinski definition) is 4. The van der Waals surface area contributed by atoms with E-state index in [1.54, 1.807) is 26.2 Å². The zero-order chi connectivity index (χ0) is 13.8. The van der Waals surface area contributed by atoms with Crippen molar-refractivity contribution in [2.75, 3.05) is 26.0 Å². The highest BCUT2D eigenvalue weighted by Gasteiger charge is 2.15. The zero-order valence-corrected chi connectivity index (χ0v) is 11.8. The van der Waals surface area contributed by atoms with Gasteiger partial charge in [-0.1, -0.05) is 20.8 Å². The fraction of sp³-hybridized carbons (Fsp3) is 0.615. The minimum Gasteiger partial charge on any atom is -0.368 e. The largest absolute Gasteiger partial charge is 0.368 e. The molecule has 1 aromatic rings. The summed E-state index contributed by atoms with van der Waals surface area (Å²) in [7, 11) is 3.39. The lowest BCUT2D eigenvalue weighted by Gasteiger charge is -2.22. The third-order valence-corrected chi connectivity index (χ3v) is 3.00. The van der Waals surface area contributed by atoms with Crippen molar-refractivity contribution in [2.45, 2.75) is 27.2 Å². The molecular formula is C13H22N4O. The first kappa shape index (κ1) is 14.4. The van der Waals surface area contributed by atoms with Gasteiger partial charge in [0.2, 0.25) is 0 Å². The van der Waals surface area contributed by atoms with Crippen LogP contribution in [0.15, 0.2) is 12.1 Å². The number of carbonyl (C=O) groups excluding carboxylic acids is 1. The lowest BCUT2D eigenvalue weighted by atomic mass is 9.90. The minimum absolute atomic E-state index is 0.136. The van der Waals surface area contributed by atoms with Crippen LogP contribution in [0, 0.1) is 5.41 Å². The topological polar surface area (TPSA) is 58.1 Å². The number of carbonyl (C=O) groups is 1. The summed E-state index contributed by atoms with van der Waals surface area (Å²) in [5, 5.41) is 11.2. The second-order valence-electron chi connectivity index (χ2n) is 5.37. The lowest BCUT2D eigenvalue weighted by Crippen LogP contribution is -2.24. The maximum Gasteiger partial charge on any atom is 0.273 e. The van der Waals surface area contributed by atoms with Crippen molar-refractivity contribution in [1.82, 2.24) is 15.1 Å². The van der Waals surface area contributed by atoms with Crippen LogP contribution < -0.4 is 5.32 Å². The molecule has 100 valence electrons. The molecule has 0 saturated carbocycles. The number of anilines is 1. The first-order valence-electron chi connectivity index (χ1n) is 6.15. The molecule has 5 heteroatoms. The fourth-order valence-electron chi connectivity index (χ4n) is 1.22. The van der Waals surface area contributed by atoms with E-state index in [4.69, 9.17) is 0 Å². The highest BCUT2D eigenvalue weighted by atomic mass is 16.2. The molecule has 5 nitrogen and oxygen atoms in total. The van der Waals surface area contributed by atoms with Gasteiger partial charge in [-0.15, -0.1) is 10.2 Å². The van der Waals surface area contributed by atoms with E-state index in [9.17, 15) is 4.79 Å². The summed E-state index contributed by atoms with van der Waals surface area (Å²) in [5.74, 6) is 0.565. The number of rotatable bonds is 5. The van der Waals surface area contributed by atoms with E-state index in [0.29, 0.717) is 11.5 Å². The van der Waals surface area contributed by atoms with Gasteiger partial charge in [0, 0.05) is 20.6 Å². The van der Waals surface area contributed by atoms with Crippen molar-refractivity contribution < 1.29 is 4.79 Å². The number of aromatic nitrogens is 2. The average molecular weight is 250 g/mol. The van der Waals surface area contributed by atoms with E-state index in [2.05, 4.69) is 36.3 Å². The van der Waals surface area contributed by atoms with Crippen LogP contribution in [0.25, 0.3) is 0 Å². The Morgan fingerprint density at radius 1 is 1.33 bits per heavy atom. The molecule has 1 heterocycles. The van der Waals surface area contributed by atoms with Crippen molar-refractivity contribution in [3.8, 4) is 0 Å². The van der Waals surface area contributed by atoms with Crippen LogP contribution in [0.1, 0.15) is 37.7 Å². The molecule has 18 heavy (non-hydrogen) atoms. The summed E-state index contributed by atoms with van der Waals surface area (Å²) in [6.07, 6.45) is 1.09. The highest BCUT2D eigenvalue weighted by Crippen LogP contribution is 2.19. The van der Waals surface area contributed by atoms with Crippen molar-refractivity contribution >= 4 is 11.7 Å². The molecule has 1 rings (SSSR count). The molecule has 1 aromatic heterocycles. The van der Waals surface area contributed by atoms with E-state index >= 15 is 0 Å². The smallest absolute Gasteiger partial charge is 0.273 e. The van der Waals surface area contributed by atoms with Crippen LogP contribution >= 0.6 is 0 Å². The third-order valence-electron chi connectivity index (χ3n) is 3.00. The molecular weight excluding hydrogens is 228 g/mol. The predicted octanol–water partition coefficient (Wildman–Crippen LogP) is 2.03. The summed E-state index contributed by atoms with van der Waals surface area (Å²) in [6, 6.07) is 3.48. The molecule has 0 spiro atoms. The maximum atomic E-state index is 11.6. The van der Waals surface area contributed by atoms with Crippen LogP contribution in [0.2, 0.25) is 0 Å². The van der Waals surface area contributed by atoms with Gasteiger partial charge in [0.25, 0.3) is 5.91 Å². The van der Waals surface area contributed by atoms with Gasteiger partial charge in [-0.25, -0.2) is 0 Å². The van der Waals surface area contributed by atoms with E-state index in [1.807, 2.05) is 0 Å². The first-order valence-corrected chi connectivity index (χ1v) is 6.15. The Morgan fingerprint density at radius 2 is 2.00 bits per heavy atom. The van der Waals surface area contributed by atoms with Crippen molar-refractivity contribution in [3.05, 3.63) is 17.8 Å². The minimum atomic E-state index is -0.136. The highest BCUT2D eigenvalue weighted by molar-refractivity contribution is 5.91. The molecule has 0 unspecified atom stereocenters. The number of nitrogens with zero attached hydrogens (tertiary/aromatic N) is 3. The molecule has 1 N–H and O–H groups in total. The van der Waals surface area contributed by atoms with E-state index in [-0.39, 0.29) is 11.3 Å². The van der Waals surface area contributed by atoms with Gasteiger partial charge in [-0.05, 0) is 24.0 Å². The van der Waals surface area contributed by atoms with Gasteiger partial charge in [0.15, 0.2) is 5.69 Å². The second kappa shape index (κ2) is 5.80. The van der Waals surface area contributed by atoms with Crippen LogP contribution in [-0.4, -0.2) is 41.6 Å². The summed E-state index contributed by atoms with van der Waals surface area (Å²) in [4.78, 5) is 13.1. The number of hydrogen-bond donors (Lipinski definition) is 1. The molecule has 0 aliphatic rings. The third kappa shape index (κ3) is 3.98.